The third-order valence-corrected chi connectivity index (χ3v) is 6.34. The molecule has 0 radical (unpaired) electrons. The molecule has 2 aromatic rings. The molecule has 1 atom stereocenters. The van der Waals surface area contributed by atoms with Crippen LogP contribution in [-0.2, 0) is 20.6 Å². The van der Waals surface area contributed by atoms with Crippen molar-refractivity contribution in [2.45, 2.75) is 32.1 Å². The fraction of sp³-hybridized carbons (Fsp3) is 0.316. The minimum absolute atomic E-state index is 0.226. The van der Waals surface area contributed by atoms with Gasteiger partial charge < -0.3 is 4.90 Å². The maximum absolute atomic E-state index is 12.7. The highest BCUT2D eigenvalue weighted by molar-refractivity contribution is 7.88. The Bertz CT molecular complexity index is 944. The largest absolute Gasteiger partial charge is 0.311 e. The molecule has 0 spiro atoms. The Hall–Kier alpha value is -1.89. The average molecular weight is 393 g/mol. The zero-order chi connectivity index (χ0) is 18.9. The SMILES string of the molecule is Cc1ccc(N2CC[C@H](NS(=O)(=O)Cc3ccccc3Cl)C2=O)cc1C. The van der Waals surface area contributed by atoms with Crippen LogP contribution in [0.15, 0.2) is 42.5 Å². The lowest BCUT2D eigenvalue weighted by Gasteiger charge is -2.18. The number of rotatable bonds is 5. The monoisotopic (exact) mass is 392 g/mol. The minimum atomic E-state index is -3.68. The van der Waals surface area contributed by atoms with Crippen LogP contribution in [0.4, 0.5) is 5.69 Å². The second-order valence-corrected chi connectivity index (χ2v) is 8.73. The van der Waals surface area contributed by atoms with Crippen LogP contribution in [0.5, 0.6) is 0 Å². The Morgan fingerprint density at radius 1 is 1.15 bits per heavy atom. The van der Waals surface area contributed by atoms with Crippen LogP contribution in [-0.4, -0.2) is 26.9 Å². The molecule has 3 rings (SSSR count). The summed E-state index contributed by atoms with van der Waals surface area (Å²) in [7, 11) is -3.68. The van der Waals surface area contributed by atoms with Gasteiger partial charge in [0, 0.05) is 17.3 Å². The minimum Gasteiger partial charge on any atom is -0.311 e. The molecule has 2 aromatic carbocycles. The second kappa shape index (κ2) is 7.39. The van der Waals surface area contributed by atoms with Crippen molar-refractivity contribution in [2.24, 2.45) is 0 Å². The van der Waals surface area contributed by atoms with Gasteiger partial charge in [-0.15, -0.1) is 0 Å². The first-order chi connectivity index (χ1) is 12.3. The molecule has 1 N–H and O–H groups in total. The number of sulfonamides is 1. The van der Waals surface area contributed by atoms with Gasteiger partial charge in [-0.05, 0) is 55.2 Å². The average Bonchev–Trinajstić information content (AvgIpc) is 2.92. The van der Waals surface area contributed by atoms with Gasteiger partial charge in [0.1, 0.15) is 6.04 Å². The number of aryl methyl sites for hydroxylation is 2. The van der Waals surface area contributed by atoms with Gasteiger partial charge in [0.05, 0.1) is 5.75 Å². The number of halogens is 1. The number of hydrogen-bond acceptors (Lipinski definition) is 3. The fourth-order valence-corrected chi connectivity index (χ4v) is 4.70. The number of nitrogens with one attached hydrogen (secondary N) is 1. The van der Waals surface area contributed by atoms with Crippen molar-refractivity contribution in [3.8, 4) is 0 Å². The number of amides is 1. The number of benzene rings is 2. The van der Waals surface area contributed by atoms with Crippen molar-refractivity contribution in [1.82, 2.24) is 4.72 Å². The van der Waals surface area contributed by atoms with E-state index < -0.39 is 16.1 Å². The molecule has 1 amide bonds. The normalized spacial score (nSPS) is 17.7. The lowest BCUT2D eigenvalue weighted by molar-refractivity contribution is -0.118. The Labute approximate surface area is 159 Å². The number of nitrogens with zero attached hydrogens (tertiary/aromatic N) is 1. The second-order valence-electron chi connectivity index (χ2n) is 6.57. The molecule has 1 saturated heterocycles. The third kappa shape index (κ3) is 4.09. The number of carbonyl (C=O) groups is 1. The van der Waals surface area contributed by atoms with E-state index in [1.165, 1.54) is 0 Å². The summed E-state index contributed by atoms with van der Waals surface area (Å²) >= 11 is 6.04. The van der Waals surface area contributed by atoms with Crippen molar-refractivity contribution in [1.29, 1.82) is 0 Å². The van der Waals surface area contributed by atoms with Gasteiger partial charge in [-0.1, -0.05) is 35.9 Å². The first kappa shape index (κ1) is 18.9. The van der Waals surface area contributed by atoms with Crippen LogP contribution in [0.2, 0.25) is 5.02 Å². The molecular weight excluding hydrogens is 372 g/mol. The van der Waals surface area contributed by atoms with Gasteiger partial charge in [0.25, 0.3) is 0 Å². The summed E-state index contributed by atoms with van der Waals surface area (Å²) < 4.78 is 27.4. The van der Waals surface area contributed by atoms with Gasteiger partial charge in [0.15, 0.2) is 0 Å². The zero-order valence-corrected chi connectivity index (χ0v) is 16.3. The Kier molecular flexibility index (Phi) is 5.37. The van der Waals surface area contributed by atoms with Gasteiger partial charge >= 0.3 is 0 Å². The Morgan fingerprint density at radius 3 is 2.58 bits per heavy atom. The van der Waals surface area contributed by atoms with E-state index >= 15 is 0 Å². The van der Waals surface area contributed by atoms with E-state index in [4.69, 9.17) is 11.6 Å². The van der Waals surface area contributed by atoms with Crippen LogP contribution < -0.4 is 9.62 Å². The van der Waals surface area contributed by atoms with Crippen LogP contribution >= 0.6 is 11.6 Å². The van der Waals surface area contributed by atoms with E-state index in [1.807, 2.05) is 32.0 Å². The Balaban J connectivity index is 1.72. The van der Waals surface area contributed by atoms with E-state index in [0.717, 1.165) is 16.8 Å². The molecule has 1 aliphatic heterocycles. The van der Waals surface area contributed by atoms with Gasteiger partial charge in [-0.2, -0.15) is 0 Å². The number of hydrogen-bond donors (Lipinski definition) is 1. The smallest absolute Gasteiger partial charge is 0.245 e. The van der Waals surface area contributed by atoms with Crippen LogP contribution in [0.1, 0.15) is 23.1 Å². The zero-order valence-electron chi connectivity index (χ0n) is 14.7. The highest BCUT2D eigenvalue weighted by atomic mass is 35.5. The molecule has 0 bridgehead atoms. The quantitative estimate of drug-likeness (QED) is 0.849. The molecule has 1 fully saturated rings. The van der Waals surface area contributed by atoms with Crippen molar-refractivity contribution in [3.63, 3.8) is 0 Å². The molecule has 26 heavy (non-hydrogen) atoms. The summed E-state index contributed by atoms with van der Waals surface area (Å²) in [6, 6.07) is 11.9. The van der Waals surface area contributed by atoms with Crippen LogP contribution in [0.3, 0.4) is 0 Å². The van der Waals surface area contributed by atoms with E-state index in [0.29, 0.717) is 23.6 Å². The van der Waals surface area contributed by atoms with E-state index in [1.54, 1.807) is 29.2 Å². The van der Waals surface area contributed by atoms with Gasteiger partial charge in [-0.3, -0.25) is 4.79 Å². The fourth-order valence-electron chi connectivity index (χ4n) is 3.02. The molecular formula is C19H21ClN2O3S. The molecule has 5 nitrogen and oxygen atoms in total. The molecule has 1 aliphatic rings. The maximum atomic E-state index is 12.7. The first-order valence-electron chi connectivity index (χ1n) is 8.39. The topological polar surface area (TPSA) is 66.5 Å². The maximum Gasteiger partial charge on any atom is 0.245 e. The molecule has 1 heterocycles. The molecule has 7 heteroatoms. The Morgan fingerprint density at radius 2 is 1.88 bits per heavy atom. The van der Waals surface area contributed by atoms with E-state index in [-0.39, 0.29) is 11.7 Å². The summed E-state index contributed by atoms with van der Waals surface area (Å²) in [5.74, 6) is -0.476. The third-order valence-electron chi connectivity index (χ3n) is 4.63. The molecule has 0 aliphatic carbocycles. The number of anilines is 1. The summed E-state index contributed by atoms with van der Waals surface area (Å²) in [5.41, 5.74) is 3.56. The lowest BCUT2D eigenvalue weighted by Crippen LogP contribution is -2.42. The summed E-state index contributed by atoms with van der Waals surface area (Å²) in [4.78, 5) is 14.3. The predicted molar refractivity (Wildman–Crippen MR) is 104 cm³/mol. The summed E-state index contributed by atoms with van der Waals surface area (Å²) in [5, 5.41) is 0.396. The summed E-state index contributed by atoms with van der Waals surface area (Å²) in [6.45, 7) is 4.49. The van der Waals surface area contributed by atoms with Crippen LogP contribution in [0.25, 0.3) is 0 Å². The lowest BCUT2D eigenvalue weighted by atomic mass is 10.1. The number of carbonyl (C=O) groups excluding carboxylic acids is 1. The predicted octanol–water partition coefficient (Wildman–Crippen LogP) is 3.18. The highest BCUT2D eigenvalue weighted by Crippen LogP contribution is 2.25. The molecule has 0 unspecified atom stereocenters. The summed E-state index contributed by atoms with van der Waals surface area (Å²) in [6.07, 6.45) is 0.438. The molecule has 0 aromatic heterocycles. The van der Waals surface area contributed by atoms with E-state index in [9.17, 15) is 13.2 Å². The highest BCUT2D eigenvalue weighted by Gasteiger charge is 2.35. The standard InChI is InChI=1S/C19H21ClN2O3S/c1-13-7-8-16(11-14(13)2)22-10-9-18(19(22)23)21-26(24,25)12-15-5-3-4-6-17(15)20/h3-8,11,18,21H,9-10,12H2,1-2H3/t18-/m0/s1. The van der Waals surface area contributed by atoms with Crippen molar-refractivity contribution in [3.05, 3.63) is 64.2 Å². The molecule has 138 valence electrons. The van der Waals surface area contributed by atoms with Gasteiger partial charge in [0.2, 0.25) is 15.9 Å². The van der Waals surface area contributed by atoms with Crippen LogP contribution in [0, 0.1) is 13.8 Å². The first-order valence-corrected chi connectivity index (χ1v) is 10.4. The van der Waals surface area contributed by atoms with Gasteiger partial charge in [-0.25, -0.2) is 13.1 Å². The van der Waals surface area contributed by atoms with Crippen molar-refractivity contribution in [2.75, 3.05) is 11.4 Å². The van der Waals surface area contributed by atoms with Crippen molar-refractivity contribution >= 4 is 33.2 Å². The van der Waals surface area contributed by atoms with Crippen molar-refractivity contribution < 1.29 is 13.2 Å². The van der Waals surface area contributed by atoms with E-state index in [2.05, 4.69) is 4.72 Å². The molecule has 0 saturated carbocycles.